The zero-order valence-electron chi connectivity index (χ0n) is 44.0. The summed E-state index contributed by atoms with van der Waals surface area (Å²) in [5.74, 6) is -1.42. The van der Waals surface area contributed by atoms with Crippen LogP contribution in [0.1, 0.15) is 61.0 Å². The Bertz CT molecular complexity index is 2740. The fourth-order valence-corrected chi connectivity index (χ4v) is 10.5. The summed E-state index contributed by atoms with van der Waals surface area (Å²) in [4.78, 5) is 85.8. The molecule has 2 fully saturated rings. The van der Waals surface area contributed by atoms with E-state index in [1.54, 1.807) is 49.3 Å². The maximum Gasteiger partial charge on any atom is 0.247 e. The first-order valence-electron chi connectivity index (χ1n) is 25.4. The third-order valence-corrected chi connectivity index (χ3v) is 14.8. The summed E-state index contributed by atoms with van der Waals surface area (Å²) in [5.41, 5.74) is 4.05. The molecule has 400 valence electrons. The number of imidazole rings is 1. The molecular formula is C57H70Cl2N8O8. The van der Waals surface area contributed by atoms with Gasteiger partial charge in [-0.25, -0.2) is 4.98 Å². The van der Waals surface area contributed by atoms with Crippen LogP contribution in [0.3, 0.4) is 0 Å². The average molecular weight is 1070 g/mol. The molecule has 1 saturated carbocycles. The molecule has 18 heteroatoms. The summed E-state index contributed by atoms with van der Waals surface area (Å²) in [6.07, 6.45) is 4.96. The lowest BCUT2D eigenvalue weighted by molar-refractivity contribution is -0.149. The van der Waals surface area contributed by atoms with E-state index in [2.05, 4.69) is 20.5 Å². The summed E-state index contributed by atoms with van der Waals surface area (Å²) in [6, 6.07) is 25.3. The van der Waals surface area contributed by atoms with Gasteiger partial charge in [0.05, 0.1) is 50.2 Å². The van der Waals surface area contributed by atoms with Crippen molar-refractivity contribution in [2.75, 3.05) is 55.6 Å². The maximum absolute atomic E-state index is 15.5. The number of fused-ring (bicyclic) bond motifs is 1. The Labute approximate surface area is 450 Å². The molecule has 2 N–H and O–H groups in total. The van der Waals surface area contributed by atoms with Crippen molar-refractivity contribution in [2.24, 2.45) is 13.0 Å². The molecule has 2 heterocycles. The third-order valence-electron chi connectivity index (χ3n) is 14.3. The van der Waals surface area contributed by atoms with Gasteiger partial charge in [0.2, 0.25) is 29.5 Å². The van der Waals surface area contributed by atoms with Crippen molar-refractivity contribution < 1.29 is 38.2 Å². The highest BCUT2D eigenvalue weighted by molar-refractivity contribution is 6.31. The van der Waals surface area contributed by atoms with E-state index in [9.17, 15) is 9.59 Å². The second-order valence-electron chi connectivity index (χ2n) is 19.9. The molecule has 4 aromatic carbocycles. The van der Waals surface area contributed by atoms with E-state index in [0.29, 0.717) is 52.9 Å². The lowest BCUT2D eigenvalue weighted by Crippen LogP contribution is -2.59. The van der Waals surface area contributed by atoms with Gasteiger partial charge in [-0.3, -0.25) is 24.0 Å². The third kappa shape index (κ3) is 14.8. The minimum atomic E-state index is -1.33. The van der Waals surface area contributed by atoms with Crippen LogP contribution in [0.2, 0.25) is 10.0 Å². The topological polar surface area (TPSA) is 168 Å². The number of carbonyl (C=O) groups excluding carboxylic acids is 5. The molecule has 2 aliphatic rings. The number of likely N-dealkylation sites (N-methyl/N-ethyl adjacent to an activating group) is 2. The number of methoxy groups -OCH3 is 2. The molecule has 5 amide bonds. The number of carbonyl (C=O) groups is 5. The maximum atomic E-state index is 15.5. The Balaban J connectivity index is 1.29. The summed E-state index contributed by atoms with van der Waals surface area (Å²) in [5, 5.41) is 7.06. The molecule has 0 bridgehead atoms. The predicted octanol–water partition coefficient (Wildman–Crippen LogP) is 7.33. The second kappa shape index (κ2) is 26.5. The predicted molar refractivity (Wildman–Crippen MR) is 289 cm³/mol. The first kappa shape index (κ1) is 56.4. The number of amides is 5. The fraction of sp³-hybridized carbons (Fsp3) is 0.439. The lowest BCUT2D eigenvalue weighted by atomic mass is 9.87. The Morgan fingerprint density at radius 1 is 0.733 bits per heavy atom. The first-order valence-corrected chi connectivity index (χ1v) is 26.2. The van der Waals surface area contributed by atoms with Crippen LogP contribution in [0, 0.1) is 5.92 Å². The number of benzene rings is 4. The van der Waals surface area contributed by atoms with E-state index in [1.165, 1.54) is 24.0 Å². The van der Waals surface area contributed by atoms with Crippen LogP contribution in [0.25, 0.3) is 11.3 Å². The minimum Gasteiger partial charge on any atom is -0.457 e. The molecule has 0 spiro atoms. The van der Waals surface area contributed by atoms with E-state index in [-0.39, 0.29) is 62.9 Å². The largest absolute Gasteiger partial charge is 0.457 e. The van der Waals surface area contributed by atoms with Gasteiger partial charge in [0.15, 0.2) is 0 Å². The smallest absolute Gasteiger partial charge is 0.247 e. The lowest BCUT2D eigenvalue weighted by Gasteiger charge is -2.40. The van der Waals surface area contributed by atoms with Gasteiger partial charge in [-0.1, -0.05) is 84.6 Å². The van der Waals surface area contributed by atoms with Crippen LogP contribution in [0.4, 0.5) is 0 Å². The first-order chi connectivity index (χ1) is 36.0. The summed E-state index contributed by atoms with van der Waals surface area (Å²) in [6.45, 7) is -0.00561. The standard InChI is InChI=1S/C57H70Cl2N8O8/c1-63(2)34-52-60-32-49(65(52)4)39-20-25-45(26-21-39)75-51-30-43(59)24-19-40(51)33-67-50(36-74-7)55(70)62-47(35-73-6)57(72)64(3)44(28-38-17-22-42(58)23-18-38)31-53(68)61-46-15-11-12-16-48(46)66(5)56(71)41(29-54(67)69)27-37-13-9-8-10-14-37/h8-10,13-14,17-26,30,32,41,44,46-48,50H,11-12,15-16,27-29,31,33-36H2,1-7H3,(H,61,68)(H,62,70)/t41-,44+,46+,47+,48+,50+/m1/s1. The summed E-state index contributed by atoms with van der Waals surface area (Å²) in [7, 11) is 12.2. The Kier molecular flexibility index (Phi) is 19.9. The zero-order valence-corrected chi connectivity index (χ0v) is 45.5. The van der Waals surface area contributed by atoms with E-state index in [1.807, 2.05) is 98.6 Å². The van der Waals surface area contributed by atoms with Crippen molar-refractivity contribution in [3.05, 3.63) is 136 Å². The van der Waals surface area contributed by atoms with E-state index in [0.717, 1.165) is 41.1 Å². The van der Waals surface area contributed by atoms with Crippen LogP contribution in [0.15, 0.2) is 103 Å². The van der Waals surface area contributed by atoms with Crippen molar-refractivity contribution in [3.8, 4) is 22.8 Å². The molecule has 16 nitrogen and oxygen atoms in total. The van der Waals surface area contributed by atoms with Gasteiger partial charge in [-0.2, -0.15) is 0 Å². The highest BCUT2D eigenvalue weighted by atomic mass is 35.5. The van der Waals surface area contributed by atoms with Crippen molar-refractivity contribution >= 4 is 52.7 Å². The van der Waals surface area contributed by atoms with Gasteiger partial charge in [0.1, 0.15) is 29.4 Å². The van der Waals surface area contributed by atoms with Crippen molar-refractivity contribution in [2.45, 2.75) is 94.7 Å². The molecule has 0 radical (unpaired) electrons. The van der Waals surface area contributed by atoms with Crippen LogP contribution < -0.4 is 15.4 Å². The molecule has 1 aliphatic carbocycles. The number of aromatic nitrogens is 2. The van der Waals surface area contributed by atoms with Gasteiger partial charge in [-0.05, 0) is 99.4 Å². The molecule has 5 aromatic rings. The van der Waals surface area contributed by atoms with Gasteiger partial charge < -0.3 is 49.0 Å². The van der Waals surface area contributed by atoms with Gasteiger partial charge >= 0.3 is 0 Å². The summed E-state index contributed by atoms with van der Waals surface area (Å²) < 4.78 is 19.9. The number of ether oxygens (including phenoxy) is 3. The number of nitrogens with one attached hydrogen (secondary N) is 2. The normalized spacial score (nSPS) is 21.6. The second-order valence-corrected chi connectivity index (χ2v) is 20.8. The number of nitrogens with zero attached hydrogens (tertiary/aromatic N) is 6. The van der Waals surface area contributed by atoms with Crippen LogP contribution in [0.5, 0.6) is 11.5 Å². The monoisotopic (exact) mass is 1060 g/mol. The molecule has 1 aromatic heterocycles. The SMILES string of the molecule is COC[C@@H]1NC(=O)[C@H](COC)N(Cc2ccc(Cl)cc2Oc2ccc(-c3cnc(CN(C)C)n3C)cc2)C(=O)C[C@@H](Cc2ccccc2)C(=O)N(C)[C@H]2CCCC[C@@H]2NC(=O)C[C@H](Cc2ccc(Cl)cc2)N(C)C1=O. The average Bonchev–Trinajstić information content (AvgIpc) is 3.75. The quantitative estimate of drug-likeness (QED) is 0.108. The Hall–Kier alpha value is -6.30. The number of hydrogen-bond acceptors (Lipinski definition) is 10. The van der Waals surface area contributed by atoms with Gasteiger partial charge in [0, 0.05) is 81.5 Å². The minimum absolute atomic E-state index is 0.0669. The molecule has 75 heavy (non-hydrogen) atoms. The van der Waals surface area contributed by atoms with Gasteiger partial charge in [0.25, 0.3) is 0 Å². The van der Waals surface area contributed by atoms with Crippen molar-refractivity contribution in [1.29, 1.82) is 0 Å². The highest BCUT2D eigenvalue weighted by Crippen LogP contribution is 2.33. The number of hydrogen-bond donors (Lipinski definition) is 2. The zero-order chi connectivity index (χ0) is 53.8. The number of halogens is 2. The summed E-state index contributed by atoms with van der Waals surface area (Å²) >= 11 is 12.9. The Morgan fingerprint density at radius 3 is 2.11 bits per heavy atom. The molecule has 7 rings (SSSR count). The molecule has 1 aliphatic heterocycles. The fourth-order valence-electron chi connectivity index (χ4n) is 10.2. The van der Waals surface area contributed by atoms with Crippen molar-refractivity contribution in [1.82, 2.24) is 39.8 Å². The van der Waals surface area contributed by atoms with E-state index >= 15 is 14.4 Å². The molecule has 1 saturated heterocycles. The number of rotatable bonds is 15. The van der Waals surface area contributed by atoms with Crippen LogP contribution in [-0.4, -0.2) is 145 Å². The van der Waals surface area contributed by atoms with Crippen molar-refractivity contribution in [3.63, 3.8) is 0 Å². The van der Waals surface area contributed by atoms with Crippen LogP contribution >= 0.6 is 23.2 Å². The van der Waals surface area contributed by atoms with E-state index < -0.39 is 41.8 Å². The van der Waals surface area contributed by atoms with E-state index in [4.69, 9.17) is 37.4 Å². The highest BCUT2D eigenvalue weighted by Gasteiger charge is 2.40. The molecule has 0 unspecified atom stereocenters. The molecular weight excluding hydrogens is 996 g/mol. The molecule has 6 atom stereocenters. The Morgan fingerprint density at radius 2 is 1.41 bits per heavy atom. The van der Waals surface area contributed by atoms with Crippen LogP contribution in [-0.2, 0) is 66.4 Å². The van der Waals surface area contributed by atoms with Gasteiger partial charge in [-0.15, -0.1) is 0 Å².